The number of guanidine groups is 1. The highest BCUT2D eigenvalue weighted by molar-refractivity contribution is 7.10. The Kier molecular flexibility index (Phi) is 6.90. The number of hydrogen-bond acceptors (Lipinski definition) is 4. The maximum Gasteiger partial charge on any atom is 0.193 e. The third-order valence-electron chi connectivity index (χ3n) is 4.75. The summed E-state index contributed by atoms with van der Waals surface area (Å²) < 4.78 is 0. The normalized spacial score (nSPS) is 17.0. The minimum absolute atomic E-state index is 0.449. The zero-order chi connectivity index (χ0) is 17.5. The predicted molar refractivity (Wildman–Crippen MR) is 110 cm³/mol. The molecule has 3 heterocycles. The molecule has 0 bridgehead atoms. The summed E-state index contributed by atoms with van der Waals surface area (Å²) >= 11 is 3.69. The van der Waals surface area contributed by atoms with Crippen molar-refractivity contribution >= 4 is 28.6 Å². The van der Waals surface area contributed by atoms with Crippen LogP contribution in [0.5, 0.6) is 0 Å². The van der Waals surface area contributed by atoms with Crippen LogP contribution in [0.1, 0.15) is 28.6 Å². The van der Waals surface area contributed by atoms with E-state index in [1.54, 1.807) is 0 Å². The average Bonchev–Trinajstić information content (AvgIpc) is 3.40. The van der Waals surface area contributed by atoms with Gasteiger partial charge in [-0.3, -0.25) is 9.89 Å². The monoisotopic (exact) mass is 376 g/mol. The number of likely N-dealkylation sites (tertiary alicyclic amines) is 1. The lowest BCUT2D eigenvalue weighted by atomic mass is 10.2. The fourth-order valence-corrected chi connectivity index (χ4v) is 4.91. The number of thiophene rings is 2. The van der Waals surface area contributed by atoms with Crippen LogP contribution in [-0.2, 0) is 6.42 Å². The summed E-state index contributed by atoms with van der Waals surface area (Å²) in [6, 6.07) is 9.19. The van der Waals surface area contributed by atoms with Crippen LogP contribution in [0.15, 0.2) is 40.0 Å². The van der Waals surface area contributed by atoms with Gasteiger partial charge in [0.25, 0.3) is 0 Å². The van der Waals surface area contributed by atoms with E-state index in [1.165, 1.54) is 35.7 Å². The summed E-state index contributed by atoms with van der Waals surface area (Å²) in [7, 11) is 4.00. The molecule has 0 aliphatic carbocycles. The smallest absolute Gasteiger partial charge is 0.193 e. The Labute approximate surface area is 159 Å². The first-order valence-electron chi connectivity index (χ1n) is 8.99. The molecular weight excluding hydrogens is 348 g/mol. The number of hydrogen-bond donors (Lipinski definition) is 1. The summed E-state index contributed by atoms with van der Waals surface area (Å²) in [5, 5.41) is 7.93. The quantitative estimate of drug-likeness (QED) is 0.590. The Balaban J connectivity index is 1.56. The number of rotatable bonds is 7. The van der Waals surface area contributed by atoms with E-state index >= 15 is 0 Å². The lowest BCUT2D eigenvalue weighted by Crippen LogP contribution is -2.43. The highest BCUT2D eigenvalue weighted by Gasteiger charge is 2.24. The van der Waals surface area contributed by atoms with Gasteiger partial charge in [-0.05, 0) is 55.2 Å². The largest absolute Gasteiger partial charge is 0.354 e. The molecule has 136 valence electrons. The molecule has 6 heteroatoms. The summed E-state index contributed by atoms with van der Waals surface area (Å²) in [5.74, 6) is 0.984. The van der Waals surface area contributed by atoms with Crippen molar-refractivity contribution in [3.05, 3.63) is 44.8 Å². The van der Waals surface area contributed by atoms with Gasteiger partial charge in [0.1, 0.15) is 0 Å². The lowest BCUT2D eigenvalue weighted by molar-refractivity contribution is 0.247. The third-order valence-corrected chi connectivity index (χ3v) is 6.66. The molecule has 0 spiro atoms. The van der Waals surface area contributed by atoms with Crippen LogP contribution in [0, 0.1) is 0 Å². The van der Waals surface area contributed by atoms with Crippen molar-refractivity contribution in [1.82, 2.24) is 15.1 Å². The van der Waals surface area contributed by atoms with Gasteiger partial charge in [0, 0.05) is 36.9 Å². The topological polar surface area (TPSA) is 30.9 Å². The van der Waals surface area contributed by atoms with Crippen molar-refractivity contribution in [3.8, 4) is 0 Å². The summed E-state index contributed by atoms with van der Waals surface area (Å²) in [6.07, 6.45) is 3.70. The molecule has 0 amide bonds. The van der Waals surface area contributed by atoms with Gasteiger partial charge in [0.2, 0.25) is 0 Å². The highest BCUT2D eigenvalue weighted by Crippen LogP contribution is 2.27. The van der Waals surface area contributed by atoms with Crippen molar-refractivity contribution < 1.29 is 0 Å². The van der Waals surface area contributed by atoms with Gasteiger partial charge in [-0.25, -0.2) is 0 Å². The van der Waals surface area contributed by atoms with Gasteiger partial charge < -0.3 is 10.2 Å². The molecular formula is C19H28N4S2. The second kappa shape index (κ2) is 9.36. The molecule has 1 fully saturated rings. The van der Waals surface area contributed by atoms with E-state index in [4.69, 9.17) is 0 Å². The standard InChI is InChI=1S/C19H28N4S2/c1-20-19(22(2)12-9-16-7-5-13-24-16)21-15-17(18-8-6-14-25-18)23-10-3-4-11-23/h5-8,13-14,17H,3-4,9-12,15H2,1-2H3,(H,20,21). The summed E-state index contributed by atoms with van der Waals surface area (Å²) in [5.41, 5.74) is 0. The molecule has 4 nitrogen and oxygen atoms in total. The van der Waals surface area contributed by atoms with Gasteiger partial charge in [-0.15, -0.1) is 22.7 Å². The maximum atomic E-state index is 4.49. The van der Waals surface area contributed by atoms with Crippen LogP contribution >= 0.6 is 22.7 Å². The van der Waals surface area contributed by atoms with E-state index < -0.39 is 0 Å². The Morgan fingerprint density at radius 2 is 2.00 bits per heavy atom. The fraction of sp³-hybridized carbons (Fsp3) is 0.526. The second-order valence-electron chi connectivity index (χ2n) is 6.45. The van der Waals surface area contributed by atoms with Gasteiger partial charge >= 0.3 is 0 Å². The lowest BCUT2D eigenvalue weighted by Gasteiger charge is -2.29. The van der Waals surface area contributed by atoms with Crippen LogP contribution in [0.25, 0.3) is 0 Å². The van der Waals surface area contributed by atoms with Crippen molar-refractivity contribution in [2.75, 3.05) is 40.3 Å². The minimum Gasteiger partial charge on any atom is -0.354 e. The first kappa shape index (κ1) is 18.4. The van der Waals surface area contributed by atoms with Gasteiger partial charge in [0.05, 0.1) is 6.04 Å². The Hall–Kier alpha value is -1.37. The first-order chi connectivity index (χ1) is 12.3. The number of nitrogens with one attached hydrogen (secondary N) is 1. The maximum absolute atomic E-state index is 4.49. The van der Waals surface area contributed by atoms with E-state index in [0.29, 0.717) is 6.04 Å². The zero-order valence-corrected chi connectivity index (χ0v) is 16.8. The van der Waals surface area contributed by atoms with Gasteiger partial charge in [-0.2, -0.15) is 0 Å². The van der Waals surface area contributed by atoms with Gasteiger partial charge in [-0.1, -0.05) is 12.1 Å². The molecule has 0 aromatic carbocycles. The predicted octanol–water partition coefficient (Wildman–Crippen LogP) is 3.70. The summed E-state index contributed by atoms with van der Waals surface area (Å²) in [4.78, 5) is 12.2. The van der Waals surface area contributed by atoms with Gasteiger partial charge in [0.15, 0.2) is 5.96 Å². The Morgan fingerprint density at radius 3 is 2.64 bits per heavy atom. The molecule has 1 N–H and O–H groups in total. The zero-order valence-electron chi connectivity index (χ0n) is 15.1. The minimum atomic E-state index is 0.449. The molecule has 3 rings (SSSR count). The van der Waals surface area contributed by atoms with E-state index in [2.05, 4.69) is 62.2 Å². The van der Waals surface area contributed by atoms with Crippen molar-refractivity contribution in [3.63, 3.8) is 0 Å². The first-order valence-corrected chi connectivity index (χ1v) is 10.8. The van der Waals surface area contributed by atoms with Crippen LogP contribution in [-0.4, -0.2) is 56.0 Å². The molecule has 2 aromatic heterocycles. The van der Waals surface area contributed by atoms with Crippen molar-refractivity contribution in [1.29, 1.82) is 0 Å². The molecule has 2 aromatic rings. The summed E-state index contributed by atoms with van der Waals surface area (Å²) in [6.45, 7) is 4.30. The van der Waals surface area contributed by atoms with Crippen LogP contribution < -0.4 is 5.32 Å². The molecule has 1 unspecified atom stereocenters. The number of aliphatic imine (C=N–C) groups is 1. The molecule has 1 aliphatic heterocycles. The van der Waals surface area contributed by atoms with Crippen LogP contribution in [0.3, 0.4) is 0 Å². The Morgan fingerprint density at radius 1 is 1.24 bits per heavy atom. The molecule has 1 atom stereocenters. The van der Waals surface area contributed by atoms with Crippen molar-refractivity contribution in [2.24, 2.45) is 4.99 Å². The molecule has 1 saturated heterocycles. The molecule has 0 radical (unpaired) electrons. The van der Waals surface area contributed by atoms with Crippen molar-refractivity contribution in [2.45, 2.75) is 25.3 Å². The fourth-order valence-electron chi connectivity index (χ4n) is 3.36. The SMILES string of the molecule is CN=C(NCC(c1cccs1)N1CCCC1)N(C)CCc1cccs1. The highest BCUT2D eigenvalue weighted by atomic mass is 32.1. The number of likely N-dealkylation sites (N-methyl/N-ethyl adjacent to an activating group) is 1. The van der Waals surface area contributed by atoms with Crippen LogP contribution in [0.2, 0.25) is 0 Å². The Bertz CT molecular complexity index is 630. The third kappa shape index (κ3) is 5.06. The number of nitrogens with zero attached hydrogens (tertiary/aromatic N) is 3. The molecule has 1 aliphatic rings. The van der Waals surface area contributed by atoms with E-state index in [1.807, 2.05) is 29.7 Å². The van der Waals surface area contributed by atoms with E-state index in [9.17, 15) is 0 Å². The van der Waals surface area contributed by atoms with Crippen LogP contribution in [0.4, 0.5) is 0 Å². The molecule has 0 saturated carbocycles. The molecule has 25 heavy (non-hydrogen) atoms. The van der Waals surface area contributed by atoms with E-state index in [-0.39, 0.29) is 0 Å². The second-order valence-corrected chi connectivity index (χ2v) is 8.46. The van der Waals surface area contributed by atoms with E-state index in [0.717, 1.165) is 25.5 Å². The average molecular weight is 377 g/mol.